The molecule has 5 nitrogen and oxygen atoms in total. The van der Waals surface area contributed by atoms with Crippen molar-refractivity contribution in [2.45, 2.75) is 88.8 Å². The Bertz CT molecular complexity index is 511. The first kappa shape index (κ1) is 17.3. The van der Waals surface area contributed by atoms with Gasteiger partial charge in [0.25, 0.3) is 5.91 Å². The molecule has 140 valence electrons. The topological polar surface area (TPSA) is 60.9 Å². The molecule has 0 aromatic carbocycles. The van der Waals surface area contributed by atoms with Gasteiger partial charge < -0.3 is 14.9 Å². The zero-order chi connectivity index (χ0) is 17.4. The van der Waals surface area contributed by atoms with Gasteiger partial charge in [0.05, 0.1) is 0 Å². The minimum absolute atomic E-state index is 0.124. The van der Waals surface area contributed by atoms with Crippen LogP contribution in [0.25, 0.3) is 0 Å². The van der Waals surface area contributed by atoms with Crippen LogP contribution in [0.5, 0.6) is 0 Å². The molecule has 0 unspecified atom stereocenters. The van der Waals surface area contributed by atoms with E-state index >= 15 is 0 Å². The summed E-state index contributed by atoms with van der Waals surface area (Å²) >= 11 is 0. The minimum atomic E-state index is -0.970. The molecule has 0 bridgehead atoms. The molecule has 3 atom stereocenters. The van der Waals surface area contributed by atoms with Crippen molar-refractivity contribution in [1.82, 2.24) is 9.80 Å². The molecular formula is C20H32N2O3. The Balaban J connectivity index is 1.42. The van der Waals surface area contributed by atoms with Crippen molar-refractivity contribution in [2.75, 3.05) is 13.1 Å². The predicted molar refractivity (Wildman–Crippen MR) is 94.8 cm³/mol. The highest BCUT2D eigenvalue weighted by atomic mass is 16.3. The average molecular weight is 348 g/mol. The Hall–Kier alpha value is -1.10. The van der Waals surface area contributed by atoms with Gasteiger partial charge in [0.1, 0.15) is 6.10 Å². The molecular weight excluding hydrogens is 316 g/mol. The molecule has 4 rings (SSSR count). The monoisotopic (exact) mass is 348 g/mol. The summed E-state index contributed by atoms with van der Waals surface area (Å²) < 4.78 is 0. The van der Waals surface area contributed by atoms with E-state index in [1.807, 2.05) is 4.90 Å². The van der Waals surface area contributed by atoms with E-state index in [0.717, 1.165) is 38.6 Å². The van der Waals surface area contributed by atoms with E-state index in [9.17, 15) is 14.7 Å². The van der Waals surface area contributed by atoms with Gasteiger partial charge in [0.15, 0.2) is 0 Å². The van der Waals surface area contributed by atoms with Crippen molar-refractivity contribution in [3.8, 4) is 0 Å². The van der Waals surface area contributed by atoms with E-state index in [0.29, 0.717) is 12.6 Å². The van der Waals surface area contributed by atoms with E-state index in [1.54, 1.807) is 0 Å². The number of aliphatic hydroxyl groups is 1. The van der Waals surface area contributed by atoms with Crippen LogP contribution in [-0.2, 0) is 9.59 Å². The van der Waals surface area contributed by atoms with Crippen LogP contribution in [0.15, 0.2) is 0 Å². The van der Waals surface area contributed by atoms with Gasteiger partial charge in [-0.05, 0) is 32.1 Å². The fourth-order valence-corrected chi connectivity index (χ4v) is 5.72. The fourth-order valence-electron chi connectivity index (χ4n) is 5.72. The first-order valence-electron chi connectivity index (χ1n) is 10.5. The summed E-state index contributed by atoms with van der Waals surface area (Å²) in [6, 6.07) is 0.682. The normalized spacial score (nSPS) is 35.8. The molecule has 0 radical (unpaired) electrons. The summed E-state index contributed by atoms with van der Waals surface area (Å²) in [7, 11) is 0. The predicted octanol–water partition coefficient (Wildman–Crippen LogP) is 2.32. The van der Waals surface area contributed by atoms with Crippen LogP contribution in [0.2, 0.25) is 0 Å². The van der Waals surface area contributed by atoms with Crippen LogP contribution in [0.3, 0.4) is 0 Å². The van der Waals surface area contributed by atoms with Crippen LogP contribution in [-0.4, -0.2) is 58.0 Å². The zero-order valence-electron chi connectivity index (χ0n) is 15.2. The Morgan fingerprint density at radius 1 is 0.720 bits per heavy atom. The second kappa shape index (κ2) is 7.26. The van der Waals surface area contributed by atoms with Crippen LogP contribution < -0.4 is 0 Å². The molecule has 0 aromatic rings. The fraction of sp³-hybridized carbons (Fsp3) is 0.900. The highest BCUT2D eigenvalue weighted by molar-refractivity contribution is 5.87. The molecule has 4 fully saturated rings. The molecule has 2 aliphatic carbocycles. The van der Waals surface area contributed by atoms with Gasteiger partial charge in [-0.3, -0.25) is 9.59 Å². The lowest BCUT2D eigenvalue weighted by atomic mass is 9.88. The van der Waals surface area contributed by atoms with Crippen molar-refractivity contribution in [3.63, 3.8) is 0 Å². The second-order valence-electron chi connectivity index (χ2n) is 8.61. The lowest BCUT2D eigenvalue weighted by Crippen LogP contribution is -2.41. The Labute approximate surface area is 150 Å². The molecule has 2 amide bonds. The Morgan fingerprint density at radius 3 is 1.88 bits per heavy atom. The highest BCUT2D eigenvalue weighted by Crippen LogP contribution is 2.38. The van der Waals surface area contributed by atoms with Crippen molar-refractivity contribution in [3.05, 3.63) is 0 Å². The number of carbonyl (C=O) groups is 2. The van der Waals surface area contributed by atoms with E-state index < -0.39 is 6.10 Å². The SMILES string of the molecule is O=C1[C@H]([C@@H]2CN(C3CCCCC3)C(=O)[C@@H]2O)CCN1C1CCCCC1. The quantitative estimate of drug-likeness (QED) is 0.851. The summed E-state index contributed by atoms with van der Waals surface area (Å²) in [6.07, 6.45) is 11.5. The third-order valence-electron chi connectivity index (χ3n) is 7.18. The number of nitrogens with zero attached hydrogens (tertiary/aromatic N) is 2. The van der Waals surface area contributed by atoms with Gasteiger partial charge in [-0.15, -0.1) is 0 Å². The maximum Gasteiger partial charge on any atom is 0.252 e. The Kier molecular flexibility index (Phi) is 5.03. The molecule has 2 saturated heterocycles. The standard InChI is InChI=1S/C20H32N2O3/c23-18-17(13-22(20(18)25)15-9-5-2-6-10-15)16-11-12-21(19(16)24)14-7-3-1-4-8-14/h14-18,23H,1-13H2/t16-,17-,18+/m0/s1. The summed E-state index contributed by atoms with van der Waals surface area (Å²) in [5, 5.41) is 10.6. The first-order chi connectivity index (χ1) is 12.2. The van der Waals surface area contributed by atoms with E-state index in [1.165, 1.54) is 38.5 Å². The van der Waals surface area contributed by atoms with E-state index in [-0.39, 0.29) is 29.7 Å². The molecule has 4 aliphatic rings. The summed E-state index contributed by atoms with van der Waals surface area (Å²) in [4.78, 5) is 29.6. The first-order valence-corrected chi connectivity index (χ1v) is 10.5. The molecule has 25 heavy (non-hydrogen) atoms. The van der Waals surface area contributed by atoms with Crippen molar-refractivity contribution < 1.29 is 14.7 Å². The van der Waals surface area contributed by atoms with E-state index in [2.05, 4.69) is 4.90 Å². The van der Waals surface area contributed by atoms with Gasteiger partial charge in [-0.1, -0.05) is 38.5 Å². The van der Waals surface area contributed by atoms with Crippen molar-refractivity contribution in [2.24, 2.45) is 11.8 Å². The molecule has 5 heteroatoms. The average Bonchev–Trinajstić information content (AvgIpc) is 3.17. The largest absolute Gasteiger partial charge is 0.383 e. The number of aliphatic hydroxyl groups excluding tert-OH is 1. The van der Waals surface area contributed by atoms with E-state index in [4.69, 9.17) is 0 Å². The third-order valence-corrected chi connectivity index (χ3v) is 7.18. The number of likely N-dealkylation sites (tertiary alicyclic amines) is 2. The van der Waals surface area contributed by atoms with Crippen molar-refractivity contribution in [1.29, 1.82) is 0 Å². The van der Waals surface area contributed by atoms with Gasteiger partial charge >= 0.3 is 0 Å². The number of hydrogen-bond donors (Lipinski definition) is 1. The molecule has 0 spiro atoms. The molecule has 2 aliphatic heterocycles. The zero-order valence-corrected chi connectivity index (χ0v) is 15.2. The number of amides is 2. The lowest BCUT2D eigenvalue weighted by Gasteiger charge is -2.32. The van der Waals surface area contributed by atoms with Crippen LogP contribution in [0.1, 0.15) is 70.6 Å². The Morgan fingerprint density at radius 2 is 1.28 bits per heavy atom. The van der Waals surface area contributed by atoms with Gasteiger partial charge in [-0.25, -0.2) is 0 Å². The number of rotatable bonds is 3. The molecule has 1 N–H and O–H groups in total. The summed E-state index contributed by atoms with van der Waals surface area (Å²) in [5.41, 5.74) is 0. The van der Waals surface area contributed by atoms with Gasteiger partial charge in [0.2, 0.25) is 5.91 Å². The number of hydrogen-bond acceptors (Lipinski definition) is 3. The lowest BCUT2D eigenvalue weighted by molar-refractivity contribution is -0.138. The third kappa shape index (κ3) is 3.20. The molecule has 2 heterocycles. The number of carbonyl (C=O) groups excluding carboxylic acids is 2. The van der Waals surface area contributed by atoms with Crippen LogP contribution in [0.4, 0.5) is 0 Å². The second-order valence-corrected chi connectivity index (χ2v) is 8.61. The summed E-state index contributed by atoms with van der Waals surface area (Å²) in [5.74, 6) is -0.278. The smallest absolute Gasteiger partial charge is 0.252 e. The van der Waals surface area contributed by atoms with Crippen LogP contribution >= 0.6 is 0 Å². The van der Waals surface area contributed by atoms with Gasteiger partial charge in [0, 0.05) is 37.0 Å². The van der Waals surface area contributed by atoms with Crippen LogP contribution in [0, 0.1) is 11.8 Å². The summed E-state index contributed by atoms with van der Waals surface area (Å²) in [6.45, 7) is 1.40. The molecule has 0 aromatic heterocycles. The van der Waals surface area contributed by atoms with Crippen molar-refractivity contribution >= 4 is 11.8 Å². The minimum Gasteiger partial charge on any atom is -0.383 e. The van der Waals surface area contributed by atoms with Gasteiger partial charge in [-0.2, -0.15) is 0 Å². The highest BCUT2D eigenvalue weighted by Gasteiger charge is 2.50. The maximum absolute atomic E-state index is 13.0. The maximum atomic E-state index is 13.0. The molecule has 2 saturated carbocycles.